The van der Waals surface area contributed by atoms with Crippen molar-refractivity contribution in [2.45, 2.75) is 0 Å². The zero-order valence-corrected chi connectivity index (χ0v) is 30.2. The Hall–Kier alpha value is -7.22. The molecule has 0 N–H and O–H groups in total. The standard InChI is InChI=1S/C54H35N/c1-3-14-36(15-4-1)40-30-32-51-49(34-40)50-35-41(31-33-52(50)55(51)42-18-5-2-6-19-42)54-47-23-11-9-21-45(47)53(46-22-10-12-24-48(46)54)39-28-26-38(27-29-39)44-25-13-17-37-16-7-8-20-43(37)44/h1-35H. The molecular weight excluding hydrogens is 663 g/mol. The van der Waals surface area contributed by atoms with Gasteiger partial charge in [-0.15, -0.1) is 0 Å². The molecule has 1 nitrogen and oxygen atoms in total. The van der Waals surface area contributed by atoms with E-state index < -0.39 is 0 Å². The Bertz CT molecular complexity index is 3160. The lowest BCUT2D eigenvalue weighted by atomic mass is 9.85. The molecule has 0 amide bonds. The maximum atomic E-state index is 2.43. The lowest BCUT2D eigenvalue weighted by Gasteiger charge is -2.18. The summed E-state index contributed by atoms with van der Waals surface area (Å²) in [7, 11) is 0. The van der Waals surface area contributed by atoms with Gasteiger partial charge >= 0.3 is 0 Å². The van der Waals surface area contributed by atoms with Gasteiger partial charge in [0.1, 0.15) is 0 Å². The van der Waals surface area contributed by atoms with Crippen molar-refractivity contribution in [2.75, 3.05) is 0 Å². The lowest BCUT2D eigenvalue weighted by Crippen LogP contribution is -1.93. The highest BCUT2D eigenvalue weighted by atomic mass is 15.0. The van der Waals surface area contributed by atoms with Crippen LogP contribution >= 0.6 is 0 Å². The fraction of sp³-hybridized carbons (Fsp3) is 0. The van der Waals surface area contributed by atoms with Crippen LogP contribution in [0.1, 0.15) is 0 Å². The monoisotopic (exact) mass is 697 g/mol. The van der Waals surface area contributed by atoms with Gasteiger partial charge in [-0.05, 0) is 113 Å². The smallest absolute Gasteiger partial charge is 0.0541 e. The minimum atomic E-state index is 1.16. The number of para-hydroxylation sites is 1. The van der Waals surface area contributed by atoms with Crippen molar-refractivity contribution in [3.63, 3.8) is 0 Å². The second-order valence-electron chi connectivity index (χ2n) is 14.4. The van der Waals surface area contributed by atoms with Crippen LogP contribution in [-0.2, 0) is 0 Å². The van der Waals surface area contributed by atoms with Crippen molar-refractivity contribution in [1.82, 2.24) is 4.57 Å². The molecule has 0 atom stereocenters. The van der Waals surface area contributed by atoms with E-state index in [4.69, 9.17) is 0 Å². The van der Waals surface area contributed by atoms with Crippen LogP contribution in [0.15, 0.2) is 212 Å². The van der Waals surface area contributed by atoms with Gasteiger partial charge in [-0.25, -0.2) is 0 Å². The third-order valence-corrected chi connectivity index (χ3v) is 11.4. The van der Waals surface area contributed by atoms with Gasteiger partial charge in [0.05, 0.1) is 11.0 Å². The molecule has 0 aliphatic rings. The molecule has 0 fully saturated rings. The van der Waals surface area contributed by atoms with E-state index in [0.717, 1.165) is 5.69 Å². The van der Waals surface area contributed by atoms with Crippen molar-refractivity contribution >= 4 is 54.1 Å². The van der Waals surface area contributed by atoms with Gasteiger partial charge in [0.15, 0.2) is 0 Å². The molecule has 10 aromatic carbocycles. The number of hydrogen-bond acceptors (Lipinski definition) is 0. The molecule has 1 aromatic heterocycles. The summed E-state index contributed by atoms with van der Waals surface area (Å²) >= 11 is 0. The molecular formula is C54H35N. The summed E-state index contributed by atoms with van der Waals surface area (Å²) < 4.78 is 2.41. The molecule has 0 aliphatic carbocycles. The van der Waals surface area contributed by atoms with Crippen molar-refractivity contribution in [1.29, 1.82) is 0 Å². The van der Waals surface area contributed by atoms with Crippen LogP contribution in [0.2, 0.25) is 0 Å². The lowest BCUT2D eigenvalue weighted by molar-refractivity contribution is 1.18. The van der Waals surface area contributed by atoms with Gasteiger partial charge in [-0.2, -0.15) is 0 Å². The first kappa shape index (κ1) is 31.3. The second kappa shape index (κ2) is 12.7. The minimum Gasteiger partial charge on any atom is -0.309 e. The van der Waals surface area contributed by atoms with Crippen LogP contribution in [0, 0.1) is 0 Å². The first-order chi connectivity index (χ1) is 27.3. The van der Waals surface area contributed by atoms with Gasteiger partial charge in [-0.3, -0.25) is 0 Å². The highest BCUT2D eigenvalue weighted by molar-refractivity contribution is 6.22. The number of benzene rings is 10. The topological polar surface area (TPSA) is 4.93 Å². The second-order valence-corrected chi connectivity index (χ2v) is 14.4. The van der Waals surface area contributed by atoms with Crippen LogP contribution in [0.4, 0.5) is 0 Å². The Morgan fingerprint density at radius 1 is 0.255 bits per heavy atom. The molecule has 1 heterocycles. The fourth-order valence-corrected chi connectivity index (χ4v) is 8.89. The van der Waals surface area contributed by atoms with E-state index in [9.17, 15) is 0 Å². The van der Waals surface area contributed by atoms with Crippen LogP contribution < -0.4 is 0 Å². The highest BCUT2D eigenvalue weighted by Crippen LogP contribution is 2.45. The van der Waals surface area contributed by atoms with Crippen LogP contribution in [0.5, 0.6) is 0 Å². The SMILES string of the molecule is c1ccc(-c2ccc3c(c2)c2cc(-c4c5ccccc5c(-c5ccc(-c6cccc7ccccc67)cc5)c5ccccc45)ccc2n3-c2ccccc2)cc1. The Kier molecular flexibility index (Phi) is 7.25. The fourth-order valence-electron chi connectivity index (χ4n) is 8.89. The van der Waals surface area contributed by atoms with E-state index in [1.54, 1.807) is 0 Å². The Morgan fingerprint density at radius 2 is 0.709 bits per heavy atom. The van der Waals surface area contributed by atoms with Gasteiger partial charge in [0.25, 0.3) is 0 Å². The first-order valence-electron chi connectivity index (χ1n) is 19.0. The Labute approximate surface area is 320 Å². The third kappa shape index (κ3) is 5.09. The normalized spacial score (nSPS) is 11.6. The number of rotatable bonds is 5. The maximum absolute atomic E-state index is 2.43. The average Bonchev–Trinajstić information content (AvgIpc) is 3.59. The molecule has 0 saturated heterocycles. The molecule has 0 bridgehead atoms. The maximum Gasteiger partial charge on any atom is 0.0541 e. The van der Waals surface area contributed by atoms with Crippen LogP contribution in [0.3, 0.4) is 0 Å². The van der Waals surface area contributed by atoms with Crippen molar-refractivity contribution in [3.8, 4) is 50.2 Å². The first-order valence-corrected chi connectivity index (χ1v) is 19.0. The highest BCUT2D eigenvalue weighted by Gasteiger charge is 2.19. The average molecular weight is 698 g/mol. The Morgan fingerprint density at radius 3 is 1.35 bits per heavy atom. The van der Waals surface area contributed by atoms with E-state index in [2.05, 4.69) is 217 Å². The van der Waals surface area contributed by atoms with E-state index in [-0.39, 0.29) is 0 Å². The molecule has 0 unspecified atom stereocenters. The summed E-state index contributed by atoms with van der Waals surface area (Å²) in [6.45, 7) is 0. The summed E-state index contributed by atoms with van der Waals surface area (Å²) in [6, 6.07) is 77.7. The predicted octanol–water partition coefficient (Wildman–Crippen LogP) is 14.9. The van der Waals surface area contributed by atoms with E-state index in [0.29, 0.717) is 0 Å². The van der Waals surface area contributed by atoms with Crippen molar-refractivity contribution in [2.24, 2.45) is 0 Å². The number of nitrogens with zero attached hydrogens (tertiary/aromatic N) is 1. The summed E-state index contributed by atoms with van der Waals surface area (Å²) in [4.78, 5) is 0. The van der Waals surface area contributed by atoms with Crippen molar-refractivity contribution < 1.29 is 0 Å². The zero-order valence-electron chi connectivity index (χ0n) is 30.2. The quantitative estimate of drug-likeness (QED) is 0.158. The summed E-state index contributed by atoms with van der Waals surface area (Å²) in [5.74, 6) is 0. The molecule has 0 spiro atoms. The molecule has 256 valence electrons. The zero-order chi connectivity index (χ0) is 36.3. The summed E-state index contributed by atoms with van der Waals surface area (Å²) in [6.07, 6.45) is 0. The molecule has 11 rings (SSSR count). The van der Waals surface area contributed by atoms with Gasteiger partial charge in [0.2, 0.25) is 0 Å². The molecule has 0 radical (unpaired) electrons. The minimum absolute atomic E-state index is 1.16. The number of hydrogen-bond donors (Lipinski definition) is 0. The van der Waals surface area contributed by atoms with Crippen molar-refractivity contribution in [3.05, 3.63) is 212 Å². The van der Waals surface area contributed by atoms with Crippen LogP contribution in [0.25, 0.3) is 104 Å². The molecule has 0 saturated carbocycles. The van der Waals surface area contributed by atoms with Crippen LogP contribution in [-0.4, -0.2) is 4.57 Å². The molecule has 1 heteroatoms. The van der Waals surface area contributed by atoms with E-state index >= 15 is 0 Å². The van der Waals surface area contributed by atoms with Gasteiger partial charge in [-0.1, -0.05) is 176 Å². The van der Waals surface area contributed by atoms with Gasteiger partial charge < -0.3 is 4.57 Å². The summed E-state index contributed by atoms with van der Waals surface area (Å²) in [5.41, 5.74) is 13.5. The predicted molar refractivity (Wildman–Crippen MR) is 235 cm³/mol. The largest absolute Gasteiger partial charge is 0.309 e. The molecule has 55 heavy (non-hydrogen) atoms. The molecule has 0 aliphatic heterocycles. The number of fused-ring (bicyclic) bond motifs is 6. The van der Waals surface area contributed by atoms with E-state index in [1.165, 1.54) is 98.6 Å². The third-order valence-electron chi connectivity index (χ3n) is 11.4. The van der Waals surface area contributed by atoms with E-state index in [1.807, 2.05) is 0 Å². The summed E-state index contributed by atoms with van der Waals surface area (Å²) in [5, 5.41) is 10.1. The number of aromatic nitrogens is 1. The molecule has 11 aromatic rings. The Balaban J connectivity index is 1.13. The van der Waals surface area contributed by atoms with Gasteiger partial charge in [0, 0.05) is 16.5 Å².